The number of hydrogen-bond donors (Lipinski definition) is 1. The van der Waals surface area contributed by atoms with Gasteiger partial charge in [0.2, 0.25) is 5.91 Å². The van der Waals surface area contributed by atoms with Gasteiger partial charge in [0.25, 0.3) is 0 Å². The maximum Gasteiger partial charge on any atom is 0.239 e. The van der Waals surface area contributed by atoms with Gasteiger partial charge in [-0.05, 0) is 49.1 Å². The third-order valence-corrected chi connectivity index (χ3v) is 4.63. The summed E-state index contributed by atoms with van der Waals surface area (Å²) in [5, 5.41) is 3.01. The second kappa shape index (κ2) is 7.39. The van der Waals surface area contributed by atoms with Gasteiger partial charge in [-0.2, -0.15) is 0 Å². The molecule has 1 aliphatic rings. The summed E-state index contributed by atoms with van der Waals surface area (Å²) in [6, 6.07) is 16.5. The molecule has 0 aromatic heterocycles. The number of benzene rings is 2. The second-order valence-corrected chi connectivity index (χ2v) is 6.27. The maximum atomic E-state index is 12.4. The van der Waals surface area contributed by atoms with Gasteiger partial charge in [-0.3, -0.25) is 4.79 Å². The highest BCUT2D eigenvalue weighted by molar-refractivity contribution is 5.82. The van der Waals surface area contributed by atoms with E-state index in [1.54, 1.807) is 7.11 Å². The lowest BCUT2D eigenvalue weighted by Crippen LogP contribution is -2.44. The maximum absolute atomic E-state index is 12.4. The van der Waals surface area contributed by atoms with Crippen LogP contribution in [-0.2, 0) is 17.8 Å². The predicted octanol–water partition coefficient (Wildman–Crippen LogP) is 3.15. The SMILES string of the molecule is COc1ccc(CNC(=O)CN2c3ccccc3CC[C@@H]2C)cc1. The summed E-state index contributed by atoms with van der Waals surface area (Å²) in [4.78, 5) is 14.6. The number of fused-ring (bicyclic) bond motifs is 1. The van der Waals surface area contributed by atoms with Crippen molar-refractivity contribution in [1.29, 1.82) is 0 Å². The van der Waals surface area contributed by atoms with E-state index in [9.17, 15) is 4.79 Å². The van der Waals surface area contributed by atoms with Crippen molar-refractivity contribution in [3.05, 3.63) is 59.7 Å². The molecule has 2 aromatic carbocycles. The van der Waals surface area contributed by atoms with Gasteiger partial charge in [-0.25, -0.2) is 0 Å². The van der Waals surface area contributed by atoms with Gasteiger partial charge in [0.1, 0.15) is 5.75 Å². The molecule has 24 heavy (non-hydrogen) atoms. The molecule has 0 unspecified atom stereocenters. The van der Waals surface area contributed by atoms with Crippen molar-refractivity contribution in [3.63, 3.8) is 0 Å². The van der Waals surface area contributed by atoms with Crippen LogP contribution in [0.5, 0.6) is 5.75 Å². The van der Waals surface area contributed by atoms with Gasteiger partial charge in [-0.1, -0.05) is 30.3 Å². The fraction of sp³-hybridized carbons (Fsp3) is 0.350. The van der Waals surface area contributed by atoms with Crippen molar-refractivity contribution in [2.75, 3.05) is 18.6 Å². The van der Waals surface area contributed by atoms with Gasteiger partial charge in [0.05, 0.1) is 13.7 Å². The molecule has 0 saturated carbocycles. The number of nitrogens with zero attached hydrogens (tertiary/aromatic N) is 1. The molecule has 0 spiro atoms. The number of amides is 1. The number of rotatable bonds is 5. The van der Waals surface area contributed by atoms with Crippen LogP contribution in [0.2, 0.25) is 0 Å². The first-order chi connectivity index (χ1) is 11.7. The second-order valence-electron chi connectivity index (χ2n) is 6.27. The molecule has 4 heteroatoms. The van der Waals surface area contributed by atoms with E-state index >= 15 is 0 Å². The number of ether oxygens (including phenoxy) is 1. The molecule has 126 valence electrons. The number of para-hydroxylation sites is 1. The van der Waals surface area contributed by atoms with Crippen LogP contribution in [0.3, 0.4) is 0 Å². The summed E-state index contributed by atoms with van der Waals surface area (Å²) < 4.78 is 5.15. The quantitative estimate of drug-likeness (QED) is 0.918. The minimum absolute atomic E-state index is 0.0503. The fourth-order valence-electron chi connectivity index (χ4n) is 3.16. The van der Waals surface area contributed by atoms with Crippen LogP contribution in [0, 0.1) is 0 Å². The summed E-state index contributed by atoms with van der Waals surface area (Å²) in [6.07, 6.45) is 2.17. The lowest BCUT2D eigenvalue weighted by molar-refractivity contribution is -0.120. The number of aryl methyl sites for hydroxylation is 1. The van der Waals surface area contributed by atoms with Crippen LogP contribution >= 0.6 is 0 Å². The molecule has 1 atom stereocenters. The average molecular weight is 324 g/mol. The Hall–Kier alpha value is -2.49. The van der Waals surface area contributed by atoms with Crippen LogP contribution in [0.4, 0.5) is 5.69 Å². The zero-order valence-corrected chi connectivity index (χ0v) is 14.3. The van der Waals surface area contributed by atoms with E-state index in [2.05, 4.69) is 35.3 Å². The normalized spacial score (nSPS) is 16.4. The van der Waals surface area contributed by atoms with Crippen molar-refractivity contribution < 1.29 is 9.53 Å². The molecule has 0 aliphatic carbocycles. The third-order valence-electron chi connectivity index (χ3n) is 4.63. The molecular weight excluding hydrogens is 300 g/mol. The molecular formula is C20H24N2O2. The molecule has 1 amide bonds. The fourth-order valence-corrected chi connectivity index (χ4v) is 3.16. The number of nitrogens with one attached hydrogen (secondary N) is 1. The zero-order chi connectivity index (χ0) is 16.9. The Morgan fingerprint density at radius 2 is 1.96 bits per heavy atom. The molecule has 0 bridgehead atoms. The molecule has 3 rings (SSSR count). The number of methoxy groups -OCH3 is 1. The van der Waals surface area contributed by atoms with Gasteiger partial charge >= 0.3 is 0 Å². The lowest BCUT2D eigenvalue weighted by atomic mass is 9.96. The molecule has 1 N–H and O–H groups in total. The highest BCUT2D eigenvalue weighted by Crippen LogP contribution is 2.29. The minimum Gasteiger partial charge on any atom is -0.497 e. The Morgan fingerprint density at radius 3 is 2.71 bits per heavy atom. The molecule has 1 heterocycles. The van der Waals surface area contributed by atoms with E-state index in [-0.39, 0.29) is 5.91 Å². The van der Waals surface area contributed by atoms with Gasteiger partial charge < -0.3 is 15.0 Å². The number of carbonyl (C=O) groups is 1. The van der Waals surface area contributed by atoms with Crippen LogP contribution < -0.4 is 15.0 Å². The summed E-state index contributed by atoms with van der Waals surface area (Å²) in [5.41, 5.74) is 3.59. The Labute approximate surface area is 143 Å². The van der Waals surface area contributed by atoms with Gasteiger partial charge in [-0.15, -0.1) is 0 Å². The first-order valence-electron chi connectivity index (χ1n) is 8.41. The minimum atomic E-state index is 0.0503. The Balaban J connectivity index is 1.60. The van der Waals surface area contributed by atoms with Crippen LogP contribution in [0.15, 0.2) is 48.5 Å². The van der Waals surface area contributed by atoms with Gasteiger partial charge in [0.15, 0.2) is 0 Å². The number of anilines is 1. The highest BCUT2D eigenvalue weighted by Gasteiger charge is 2.24. The van der Waals surface area contributed by atoms with Gasteiger partial charge in [0, 0.05) is 18.3 Å². The molecule has 0 saturated heterocycles. The smallest absolute Gasteiger partial charge is 0.239 e. The molecule has 0 radical (unpaired) electrons. The van der Waals surface area contributed by atoms with E-state index < -0.39 is 0 Å². The molecule has 0 fully saturated rings. The Morgan fingerprint density at radius 1 is 1.21 bits per heavy atom. The van der Waals surface area contributed by atoms with Crippen molar-refractivity contribution >= 4 is 11.6 Å². The summed E-state index contributed by atoms with van der Waals surface area (Å²) in [7, 11) is 1.65. The highest BCUT2D eigenvalue weighted by atomic mass is 16.5. The van der Waals surface area contributed by atoms with E-state index in [0.29, 0.717) is 19.1 Å². The summed E-state index contributed by atoms with van der Waals surface area (Å²) >= 11 is 0. The van der Waals surface area contributed by atoms with Crippen LogP contribution in [0.1, 0.15) is 24.5 Å². The molecule has 1 aliphatic heterocycles. The monoisotopic (exact) mass is 324 g/mol. The van der Waals surface area contributed by atoms with Crippen molar-refractivity contribution in [1.82, 2.24) is 5.32 Å². The van der Waals surface area contributed by atoms with Crippen molar-refractivity contribution in [2.24, 2.45) is 0 Å². The topological polar surface area (TPSA) is 41.6 Å². The first kappa shape index (κ1) is 16.4. The Bertz CT molecular complexity index is 697. The number of carbonyl (C=O) groups excluding carboxylic acids is 1. The largest absolute Gasteiger partial charge is 0.497 e. The summed E-state index contributed by atoms with van der Waals surface area (Å²) in [5.74, 6) is 0.873. The third kappa shape index (κ3) is 3.70. The molecule has 4 nitrogen and oxygen atoms in total. The van der Waals surface area contributed by atoms with Crippen LogP contribution in [-0.4, -0.2) is 25.6 Å². The van der Waals surface area contributed by atoms with Crippen molar-refractivity contribution in [3.8, 4) is 5.75 Å². The van der Waals surface area contributed by atoms with Crippen LogP contribution in [0.25, 0.3) is 0 Å². The van der Waals surface area contributed by atoms with Crippen molar-refractivity contribution in [2.45, 2.75) is 32.4 Å². The van der Waals surface area contributed by atoms with E-state index in [1.165, 1.54) is 11.3 Å². The Kier molecular flexibility index (Phi) is 5.04. The average Bonchev–Trinajstić information content (AvgIpc) is 2.63. The van der Waals surface area contributed by atoms with E-state index in [0.717, 1.165) is 24.2 Å². The van der Waals surface area contributed by atoms with E-state index in [4.69, 9.17) is 4.74 Å². The van der Waals surface area contributed by atoms with E-state index in [1.807, 2.05) is 30.3 Å². The summed E-state index contributed by atoms with van der Waals surface area (Å²) in [6.45, 7) is 3.12. The number of hydrogen-bond acceptors (Lipinski definition) is 3. The lowest BCUT2D eigenvalue weighted by Gasteiger charge is -2.36. The first-order valence-corrected chi connectivity index (χ1v) is 8.41. The zero-order valence-electron chi connectivity index (χ0n) is 14.3. The predicted molar refractivity (Wildman–Crippen MR) is 96.4 cm³/mol. The standard InChI is InChI=1S/C20H24N2O2/c1-15-7-10-17-5-3-4-6-19(17)22(15)14-20(23)21-13-16-8-11-18(24-2)12-9-16/h3-6,8-9,11-12,15H,7,10,13-14H2,1-2H3,(H,21,23)/t15-/m0/s1. The molecule has 2 aromatic rings.